The normalized spacial score (nSPS) is 13.3. The number of rotatable bonds is 3. The zero-order chi connectivity index (χ0) is 9.14. The minimum atomic E-state index is 0.268. The van der Waals surface area contributed by atoms with Crippen LogP contribution in [-0.4, -0.2) is 6.04 Å². The molecule has 2 N–H and O–H groups in total. The number of halogens is 2. The summed E-state index contributed by atoms with van der Waals surface area (Å²) in [5, 5.41) is 0. The first-order chi connectivity index (χ1) is 5.59. The molecule has 0 bridgehead atoms. The monoisotopic (exact) mass is 267 g/mol. The Hall–Kier alpha value is 0.430. The molecule has 12 heavy (non-hydrogen) atoms. The summed E-state index contributed by atoms with van der Waals surface area (Å²) in [6.45, 7) is 2.02. The Morgan fingerprint density at radius 1 is 1.75 bits per heavy atom. The van der Waals surface area contributed by atoms with Gasteiger partial charge in [0.1, 0.15) is 4.34 Å². The predicted octanol–water partition coefficient (Wildman–Crippen LogP) is 3.44. The van der Waals surface area contributed by atoms with Gasteiger partial charge in [-0.2, -0.15) is 0 Å². The van der Waals surface area contributed by atoms with Gasteiger partial charge >= 0.3 is 0 Å². The average molecular weight is 269 g/mol. The molecular weight excluding hydrogens is 258 g/mol. The van der Waals surface area contributed by atoms with Crippen LogP contribution in [0.4, 0.5) is 0 Å². The first-order valence-electron chi connectivity index (χ1n) is 3.79. The van der Waals surface area contributed by atoms with Crippen LogP contribution in [0.15, 0.2) is 10.5 Å². The molecule has 0 fully saturated rings. The fourth-order valence-electron chi connectivity index (χ4n) is 0.885. The Morgan fingerprint density at radius 3 is 2.83 bits per heavy atom. The SMILES string of the molecule is CC(N)CCc1cc(Br)c(Cl)s1. The third-order valence-electron chi connectivity index (χ3n) is 1.54. The highest BCUT2D eigenvalue weighted by molar-refractivity contribution is 9.10. The van der Waals surface area contributed by atoms with Crippen LogP contribution in [0.2, 0.25) is 4.34 Å². The molecule has 0 aliphatic rings. The van der Waals surface area contributed by atoms with Gasteiger partial charge < -0.3 is 5.73 Å². The van der Waals surface area contributed by atoms with E-state index in [9.17, 15) is 0 Å². The summed E-state index contributed by atoms with van der Waals surface area (Å²) in [4.78, 5) is 1.30. The van der Waals surface area contributed by atoms with Crippen molar-refractivity contribution in [3.05, 3.63) is 19.8 Å². The van der Waals surface area contributed by atoms with Gasteiger partial charge in [0.05, 0.1) is 0 Å². The Bertz CT molecular complexity index is 240. The van der Waals surface area contributed by atoms with Crippen LogP contribution in [0, 0.1) is 0 Å². The Labute approximate surface area is 90.0 Å². The molecule has 1 heterocycles. The molecule has 1 nitrogen and oxygen atoms in total. The summed E-state index contributed by atoms with van der Waals surface area (Å²) in [7, 11) is 0. The van der Waals surface area contributed by atoms with Crippen LogP contribution in [0.5, 0.6) is 0 Å². The first kappa shape index (κ1) is 10.5. The molecule has 0 radical (unpaired) electrons. The molecule has 0 aliphatic carbocycles. The van der Waals surface area contributed by atoms with E-state index in [1.807, 2.05) is 6.92 Å². The molecule has 0 spiro atoms. The maximum absolute atomic E-state index is 5.89. The number of nitrogens with two attached hydrogens (primary N) is 1. The standard InChI is InChI=1S/C8H11BrClNS/c1-5(11)2-3-6-4-7(9)8(10)12-6/h4-5H,2-3,11H2,1H3. The molecule has 0 aliphatic heterocycles. The maximum Gasteiger partial charge on any atom is 0.107 e. The molecule has 0 saturated heterocycles. The fourth-order valence-corrected chi connectivity index (χ4v) is 2.69. The lowest BCUT2D eigenvalue weighted by Gasteiger charge is -2.01. The van der Waals surface area contributed by atoms with Crippen molar-refractivity contribution in [1.29, 1.82) is 0 Å². The van der Waals surface area contributed by atoms with Gasteiger partial charge in [-0.25, -0.2) is 0 Å². The molecular formula is C8H11BrClNS. The van der Waals surface area contributed by atoms with E-state index in [-0.39, 0.29) is 6.04 Å². The van der Waals surface area contributed by atoms with E-state index in [0.29, 0.717) is 0 Å². The summed E-state index contributed by atoms with van der Waals surface area (Å²) in [6, 6.07) is 2.33. The van der Waals surface area contributed by atoms with Crippen molar-refractivity contribution in [3.63, 3.8) is 0 Å². The molecule has 1 aromatic rings. The van der Waals surface area contributed by atoms with Gasteiger partial charge in [-0.05, 0) is 41.8 Å². The van der Waals surface area contributed by atoms with Crippen LogP contribution in [0.1, 0.15) is 18.2 Å². The first-order valence-corrected chi connectivity index (χ1v) is 5.77. The summed E-state index contributed by atoms with van der Waals surface area (Å²) in [5.41, 5.74) is 5.65. The van der Waals surface area contributed by atoms with Crippen LogP contribution < -0.4 is 5.73 Å². The molecule has 1 atom stereocenters. The molecule has 4 heteroatoms. The van der Waals surface area contributed by atoms with Gasteiger partial charge in [0.15, 0.2) is 0 Å². The van der Waals surface area contributed by atoms with Gasteiger partial charge in [0, 0.05) is 15.4 Å². The third-order valence-corrected chi connectivity index (χ3v) is 4.08. The Morgan fingerprint density at radius 2 is 2.42 bits per heavy atom. The van der Waals surface area contributed by atoms with Crippen LogP contribution in [0.25, 0.3) is 0 Å². The number of hydrogen-bond donors (Lipinski definition) is 1. The molecule has 68 valence electrons. The molecule has 0 saturated carbocycles. The molecule has 1 aromatic heterocycles. The minimum absolute atomic E-state index is 0.268. The van der Waals surface area contributed by atoms with Crippen LogP contribution in [-0.2, 0) is 6.42 Å². The quantitative estimate of drug-likeness (QED) is 0.893. The number of thiophene rings is 1. The van der Waals surface area contributed by atoms with Crippen molar-refractivity contribution in [2.45, 2.75) is 25.8 Å². The van der Waals surface area contributed by atoms with E-state index in [4.69, 9.17) is 17.3 Å². The second-order valence-corrected chi connectivity index (χ2v) is 5.44. The van der Waals surface area contributed by atoms with Crippen molar-refractivity contribution < 1.29 is 0 Å². The highest BCUT2D eigenvalue weighted by atomic mass is 79.9. The van der Waals surface area contributed by atoms with Crippen molar-refractivity contribution in [3.8, 4) is 0 Å². The van der Waals surface area contributed by atoms with Crippen LogP contribution in [0.3, 0.4) is 0 Å². The van der Waals surface area contributed by atoms with Crippen molar-refractivity contribution in [2.75, 3.05) is 0 Å². The lowest BCUT2D eigenvalue weighted by atomic mass is 10.2. The van der Waals surface area contributed by atoms with Crippen molar-refractivity contribution in [2.24, 2.45) is 5.73 Å². The highest BCUT2D eigenvalue weighted by Crippen LogP contribution is 2.32. The second-order valence-electron chi connectivity index (χ2n) is 2.85. The Balaban J connectivity index is 2.53. The zero-order valence-corrected chi connectivity index (χ0v) is 9.97. The van der Waals surface area contributed by atoms with E-state index < -0.39 is 0 Å². The summed E-state index contributed by atoms with van der Waals surface area (Å²) in [6.07, 6.45) is 2.04. The number of hydrogen-bond acceptors (Lipinski definition) is 2. The predicted molar refractivity (Wildman–Crippen MR) is 59.0 cm³/mol. The zero-order valence-electron chi connectivity index (χ0n) is 6.81. The summed E-state index contributed by atoms with van der Waals surface area (Å²) in [5.74, 6) is 0. The smallest absolute Gasteiger partial charge is 0.107 e. The summed E-state index contributed by atoms with van der Waals surface area (Å²) < 4.78 is 1.82. The van der Waals surface area contributed by atoms with Crippen molar-refractivity contribution >= 4 is 38.9 Å². The van der Waals surface area contributed by atoms with Gasteiger partial charge in [0.2, 0.25) is 0 Å². The van der Waals surface area contributed by atoms with E-state index in [1.54, 1.807) is 11.3 Å². The number of aryl methyl sites for hydroxylation is 1. The van der Waals surface area contributed by atoms with Gasteiger partial charge in [-0.1, -0.05) is 11.6 Å². The van der Waals surface area contributed by atoms with E-state index in [0.717, 1.165) is 21.7 Å². The average Bonchev–Trinajstić information content (AvgIpc) is 2.28. The Kier molecular flexibility index (Phi) is 4.03. The molecule has 1 unspecified atom stereocenters. The van der Waals surface area contributed by atoms with E-state index >= 15 is 0 Å². The van der Waals surface area contributed by atoms with E-state index in [1.165, 1.54) is 4.88 Å². The van der Waals surface area contributed by atoms with Gasteiger partial charge in [-0.15, -0.1) is 11.3 Å². The van der Waals surface area contributed by atoms with E-state index in [2.05, 4.69) is 22.0 Å². The summed E-state index contributed by atoms with van der Waals surface area (Å²) >= 11 is 10.9. The van der Waals surface area contributed by atoms with Crippen molar-refractivity contribution in [1.82, 2.24) is 0 Å². The highest BCUT2D eigenvalue weighted by Gasteiger charge is 2.04. The lowest BCUT2D eigenvalue weighted by molar-refractivity contribution is 0.670. The molecule has 1 rings (SSSR count). The van der Waals surface area contributed by atoms with Gasteiger partial charge in [0.25, 0.3) is 0 Å². The maximum atomic E-state index is 5.89. The third kappa shape index (κ3) is 3.05. The fraction of sp³-hybridized carbons (Fsp3) is 0.500. The van der Waals surface area contributed by atoms with Crippen LogP contribution >= 0.6 is 38.9 Å². The lowest BCUT2D eigenvalue weighted by Crippen LogP contribution is -2.14. The molecule has 0 amide bonds. The minimum Gasteiger partial charge on any atom is -0.328 e. The van der Waals surface area contributed by atoms with Gasteiger partial charge in [-0.3, -0.25) is 0 Å². The second kappa shape index (κ2) is 4.61. The topological polar surface area (TPSA) is 26.0 Å². The largest absolute Gasteiger partial charge is 0.328 e. The molecule has 0 aromatic carbocycles.